The first kappa shape index (κ1) is 13.1. The number of nitrogens with zero attached hydrogens (tertiary/aromatic N) is 1. The minimum absolute atomic E-state index is 0.176. The van der Waals surface area contributed by atoms with Crippen LogP contribution < -0.4 is 5.32 Å². The van der Waals surface area contributed by atoms with Gasteiger partial charge in [0.2, 0.25) is 0 Å². The number of thiophene rings is 1. The monoisotopic (exact) mass is 288 g/mol. The van der Waals surface area contributed by atoms with Gasteiger partial charge in [-0.2, -0.15) is 0 Å². The third-order valence-electron chi connectivity index (χ3n) is 3.66. The van der Waals surface area contributed by atoms with Crippen LogP contribution in [0.4, 0.5) is 11.4 Å². The third-order valence-corrected chi connectivity index (χ3v) is 4.61. The van der Waals surface area contributed by atoms with E-state index in [1.807, 2.05) is 6.07 Å². The smallest absolute Gasteiger partial charge is 0.272 e. The maximum atomic E-state index is 10.8. The van der Waals surface area contributed by atoms with Gasteiger partial charge >= 0.3 is 0 Å². The Kier molecular flexibility index (Phi) is 3.44. The molecule has 0 amide bonds. The Bertz CT molecular complexity index is 621. The molecule has 1 N–H and O–H groups in total. The molecule has 1 saturated carbocycles. The molecule has 1 unspecified atom stereocenters. The number of aryl methyl sites for hydroxylation is 1. The van der Waals surface area contributed by atoms with Gasteiger partial charge in [0.15, 0.2) is 0 Å². The highest BCUT2D eigenvalue weighted by Crippen LogP contribution is 2.44. The molecule has 2 aromatic rings. The Morgan fingerprint density at radius 1 is 1.40 bits per heavy atom. The van der Waals surface area contributed by atoms with E-state index in [4.69, 9.17) is 0 Å². The summed E-state index contributed by atoms with van der Waals surface area (Å²) < 4.78 is 0. The first-order valence-corrected chi connectivity index (χ1v) is 7.58. The van der Waals surface area contributed by atoms with Gasteiger partial charge < -0.3 is 5.32 Å². The predicted molar refractivity (Wildman–Crippen MR) is 81.2 cm³/mol. The molecule has 4 nitrogen and oxygen atoms in total. The topological polar surface area (TPSA) is 55.2 Å². The highest BCUT2D eigenvalue weighted by Gasteiger charge is 2.33. The number of benzene rings is 1. The van der Waals surface area contributed by atoms with Gasteiger partial charge in [-0.25, -0.2) is 0 Å². The molecule has 0 radical (unpaired) electrons. The normalized spacial score (nSPS) is 15.8. The number of rotatable bonds is 5. The maximum Gasteiger partial charge on any atom is 0.272 e. The van der Waals surface area contributed by atoms with Gasteiger partial charge in [0, 0.05) is 22.2 Å². The summed E-state index contributed by atoms with van der Waals surface area (Å²) in [5.74, 6) is 0.684. The fourth-order valence-electron chi connectivity index (χ4n) is 2.45. The fraction of sp³-hybridized carbons (Fsp3) is 0.333. The molecule has 20 heavy (non-hydrogen) atoms. The standard InChI is InChI=1S/C15H16N2O2S/c1-10-9-12(6-7-13(10)17(18)19)16-15(11-4-5-11)14-3-2-8-20-14/h2-3,6-9,11,15-16H,4-5H2,1H3. The minimum Gasteiger partial charge on any atom is -0.377 e. The van der Waals surface area contributed by atoms with E-state index < -0.39 is 0 Å². The Balaban J connectivity index is 1.82. The first-order chi connectivity index (χ1) is 9.65. The molecule has 1 heterocycles. The quantitative estimate of drug-likeness (QED) is 0.649. The lowest BCUT2D eigenvalue weighted by atomic mass is 10.1. The lowest BCUT2D eigenvalue weighted by Gasteiger charge is -2.18. The van der Waals surface area contributed by atoms with Crippen molar-refractivity contribution < 1.29 is 4.92 Å². The Labute approximate surface area is 121 Å². The summed E-state index contributed by atoms with van der Waals surface area (Å²) >= 11 is 1.76. The molecule has 0 spiro atoms. The molecule has 1 aliphatic rings. The van der Waals surface area contributed by atoms with E-state index in [0.29, 0.717) is 17.5 Å². The van der Waals surface area contributed by atoms with Crippen molar-refractivity contribution in [2.75, 3.05) is 5.32 Å². The molecule has 5 heteroatoms. The molecular formula is C15H16N2O2S. The fourth-order valence-corrected chi connectivity index (χ4v) is 3.32. The summed E-state index contributed by atoms with van der Waals surface area (Å²) in [5, 5.41) is 16.5. The molecule has 104 valence electrons. The Morgan fingerprint density at radius 2 is 2.20 bits per heavy atom. The van der Waals surface area contributed by atoms with Gasteiger partial charge in [-0.15, -0.1) is 11.3 Å². The molecule has 1 fully saturated rings. The second kappa shape index (κ2) is 5.25. The van der Waals surface area contributed by atoms with Gasteiger partial charge in [-0.3, -0.25) is 10.1 Å². The van der Waals surface area contributed by atoms with Crippen LogP contribution in [0.3, 0.4) is 0 Å². The molecule has 3 rings (SSSR count). The van der Waals surface area contributed by atoms with Crippen LogP contribution in [0.5, 0.6) is 0 Å². The molecule has 1 aromatic carbocycles. The number of hydrogen-bond donors (Lipinski definition) is 1. The number of nitro benzene ring substituents is 1. The predicted octanol–water partition coefficient (Wildman–Crippen LogP) is 4.53. The molecule has 0 bridgehead atoms. The van der Waals surface area contributed by atoms with Crippen molar-refractivity contribution in [3.63, 3.8) is 0 Å². The second-order valence-electron chi connectivity index (χ2n) is 5.23. The molecule has 1 aliphatic carbocycles. The number of anilines is 1. The molecule has 1 aromatic heterocycles. The van der Waals surface area contributed by atoms with Gasteiger partial charge in [-0.1, -0.05) is 6.07 Å². The summed E-state index contributed by atoms with van der Waals surface area (Å²) in [5.41, 5.74) is 1.83. The maximum absolute atomic E-state index is 10.8. The Morgan fingerprint density at radius 3 is 2.75 bits per heavy atom. The number of hydrogen-bond acceptors (Lipinski definition) is 4. The average Bonchev–Trinajstić information content (AvgIpc) is 3.10. The molecule has 0 saturated heterocycles. The zero-order valence-electron chi connectivity index (χ0n) is 11.2. The second-order valence-corrected chi connectivity index (χ2v) is 6.21. The zero-order chi connectivity index (χ0) is 14.1. The van der Waals surface area contributed by atoms with Crippen molar-refractivity contribution in [3.05, 3.63) is 56.3 Å². The average molecular weight is 288 g/mol. The molecule has 1 atom stereocenters. The van der Waals surface area contributed by atoms with Crippen molar-refractivity contribution in [3.8, 4) is 0 Å². The van der Waals surface area contributed by atoms with Gasteiger partial charge in [-0.05, 0) is 49.3 Å². The van der Waals surface area contributed by atoms with E-state index in [1.165, 1.54) is 17.7 Å². The summed E-state index contributed by atoms with van der Waals surface area (Å²) in [6.45, 7) is 1.78. The van der Waals surface area contributed by atoms with Gasteiger partial charge in [0.05, 0.1) is 11.0 Å². The van der Waals surface area contributed by atoms with Crippen molar-refractivity contribution in [1.82, 2.24) is 0 Å². The van der Waals surface area contributed by atoms with Crippen LogP contribution in [0.2, 0.25) is 0 Å². The number of nitro groups is 1. The SMILES string of the molecule is Cc1cc(NC(c2cccs2)C2CC2)ccc1[N+](=O)[O-]. The zero-order valence-corrected chi connectivity index (χ0v) is 12.0. The summed E-state index contributed by atoms with van der Waals surface area (Å²) in [6.07, 6.45) is 2.50. The largest absolute Gasteiger partial charge is 0.377 e. The van der Waals surface area contributed by atoms with Gasteiger partial charge in [0.25, 0.3) is 5.69 Å². The summed E-state index contributed by atoms with van der Waals surface area (Å²) in [7, 11) is 0. The van der Waals surface area contributed by atoms with Crippen molar-refractivity contribution in [2.24, 2.45) is 5.92 Å². The first-order valence-electron chi connectivity index (χ1n) is 6.70. The van der Waals surface area contributed by atoms with Crippen LogP contribution >= 0.6 is 11.3 Å². The van der Waals surface area contributed by atoms with Crippen LogP contribution in [0, 0.1) is 23.0 Å². The summed E-state index contributed by atoms with van der Waals surface area (Å²) in [6, 6.07) is 9.79. The highest BCUT2D eigenvalue weighted by atomic mass is 32.1. The Hall–Kier alpha value is -1.88. The van der Waals surface area contributed by atoms with E-state index in [2.05, 4.69) is 22.8 Å². The van der Waals surface area contributed by atoms with E-state index in [1.54, 1.807) is 30.4 Å². The van der Waals surface area contributed by atoms with Crippen LogP contribution in [0.1, 0.15) is 29.3 Å². The minimum atomic E-state index is -0.337. The van der Waals surface area contributed by atoms with E-state index in [9.17, 15) is 10.1 Å². The van der Waals surface area contributed by atoms with Crippen molar-refractivity contribution in [1.29, 1.82) is 0 Å². The number of nitrogens with one attached hydrogen (secondary N) is 1. The van der Waals surface area contributed by atoms with Gasteiger partial charge in [0.1, 0.15) is 0 Å². The highest BCUT2D eigenvalue weighted by molar-refractivity contribution is 7.10. The van der Waals surface area contributed by atoms with E-state index in [0.717, 1.165) is 5.69 Å². The summed E-state index contributed by atoms with van der Waals surface area (Å²) in [4.78, 5) is 11.8. The van der Waals surface area contributed by atoms with Crippen LogP contribution in [0.15, 0.2) is 35.7 Å². The third kappa shape index (κ3) is 2.67. The van der Waals surface area contributed by atoms with Crippen LogP contribution in [-0.2, 0) is 0 Å². The lowest BCUT2D eigenvalue weighted by Crippen LogP contribution is -2.11. The molecular weight excluding hydrogens is 272 g/mol. The lowest BCUT2D eigenvalue weighted by molar-refractivity contribution is -0.385. The van der Waals surface area contributed by atoms with Crippen molar-refractivity contribution >= 4 is 22.7 Å². The van der Waals surface area contributed by atoms with E-state index in [-0.39, 0.29) is 10.6 Å². The van der Waals surface area contributed by atoms with Crippen LogP contribution in [0.25, 0.3) is 0 Å². The van der Waals surface area contributed by atoms with Crippen LogP contribution in [-0.4, -0.2) is 4.92 Å². The molecule has 0 aliphatic heterocycles. The van der Waals surface area contributed by atoms with E-state index >= 15 is 0 Å². The van der Waals surface area contributed by atoms with Crippen molar-refractivity contribution in [2.45, 2.75) is 25.8 Å².